The SMILES string of the molecule is COc1ccnc(N(C(C)=O)c2ccccc2)n1. The number of methoxy groups -OCH3 is 1. The van der Waals surface area contributed by atoms with Crippen molar-refractivity contribution in [3.63, 3.8) is 0 Å². The van der Waals surface area contributed by atoms with Crippen LogP contribution in [0.2, 0.25) is 0 Å². The predicted molar refractivity (Wildman–Crippen MR) is 67.8 cm³/mol. The van der Waals surface area contributed by atoms with Crippen molar-refractivity contribution in [2.45, 2.75) is 6.92 Å². The van der Waals surface area contributed by atoms with Crippen LogP contribution in [0.5, 0.6) is 5.88 Å². The molecule has 0 radical (unpaired) electrons. The first-order chi connectivity index (χ1) is 8.72. The molecule has 0 unspecified atom stereocenters. The maximum absolute atomic E-state index is 11.7. The fraction of sp³-hybridized carbons (Fsp3) is 0.154. The van der Waals surface area contributed by atoms with Gasteiger partial charge in [-0.15, -0.1) is 0 Å². The molecule has 5 nitrogen and oxygen atoms in total. The maximum Gasteiger partial charge on any atom is 0.240 e. The molecule has 0 aliphatic carbocycles. The van der Waals surface area contributed by atoms with Gasteiger partial charge in [0.1, 0.15) is 0 Å². The summed E-state index contributed by atoms with van der Waals surface area (Å²) in [5, 5.41) is 0. The average Bonchev–Trinajstić information content (AvgIpc) is 2.40. The third-order valence-electron chi connectivity index (χ3n) is 2.36. The van der Waals surface area contributed by atoms with Gasteiger partial charge in [0.25, 0.3) is 0 Å². The van der Waals surface area contributed by atoms with Crippen molar-refractivity contribution in [1.82, 2.24) is 9.97 Å². The van der Waals surface area contributed by atoms with Gasteiger partial charge in [-0.25, -0.2) is 9.88 Å². The van der Waals surface area contributed by atoms with E-state index < -0.39 is 0 Å². The quantitative estimate of drug-likeness (QED) is 0.829. The Kier molecular flexibility index (Phi) is 3.52. The van der Waals surface area contributed by atoms with Gasteiger partial charge in [0, 0.05) is 19.2 Å². The first-order valence-electron chi connectivity index (χ1n) is 5.45. The summed E-state index contributed by atoms with van der Waals surface area (Å²) < 4.78 is 5.03. The van der Waals surface area contributed by atoms with Crippen LogP contribution in [-0.2, 0) is 4.79 Å². The molecule has 0 spiro atoms. The van der Waals surface area contributed by atoms with Gasteiger partial charge in [-0.2, -0.15) is 4.98 Å². The van der Waals surface area contributed by atoms with Crippen LogP contribution in [0.4, 0.5) is 11.6 Å². The van der Waals surface area contributed by atoms with E-state index in [4.69, 9.17) is 4.74 Å². The second kappa shape index (κ2) is 5.27. The van der Waals surface area contributed by atoms with Crippen LogP contribution < -0.4 is 9.64 Å². The van der Waals surface area contributed by atoms with Crippen LogP contribution in [0.3, 0.4) is 0 Å². The highest BCUT2D eigenvalue weighted by atomic mass is 16.5. The zero-order chi connectivity index (χ0) is 13.0. The molecule has 0 N–H and O–H groups in total. The predicted octanol–water partition coefficient (Wildman–Crippen LogP) is 2.17. The van der Waals surface area contributed by atoms with Gasteiger partial charge in [-0.05, 0) is 12.1 Å². The summed E-state index contributed by atoms with van der Waals surface area (Å²) in [6, 6.07) is 10.9. The standard InChI is InChI=1S/C13H13N3O2/c1-10(17)16(11-6-4-3-5-7-11)13-14-9-8-12(15-13)18-2/h3-9H,1-2H3. The number of aromatic nitrogens is 2. The first-order valence-corrected chi connectivity index (χ1v) is 5.45. The topological polar surface area (TPSA) is 55.3 Å². The van der Waals surface area contributed by atoms with E-state index >= 15 is 0 Å². The van der Waals surface area contributed by atoms with Crippen molar-refractivity contribution >= 4 is 17.5 Å². The Hall–Kier alpha value is -2.43. The van der Waals surface area contributed by atoms with Crippen molar-refractivity contribution in [2.24, 2.45) is 0 Å². The highest BCUT2D eigenvalue weighted by molar-refractivity contribution is 5.97. The van der Waals surface area contributed by atoms with Crippen molar-refractivity contribution in [2.75, 3.05) is 12.0 Å². The first kappa shape index (κ1) is 12.0. The molecule has 0 aliphatic heterocycles. The van der Waals surface area contributed by atoms with Gasteiger partial charge in [-0.1, -0.05) is 18.2 Å². The highest BCUT2D eigenvalue weighted by Gasteiger charge is 2.16. The Labute approximate surface area is 105 Å². The van der Waals surface area contributed by atoms with E-state index in [0.717, 1.165) is 5.69 Å². The van der Waals surface area contributed by atoms with Crippen molar-refractivity contribution in [3.05, 3.63) is 42.6 Å². The third kappa shape index (κ3) is 2.45. The minimum Gasteiger partial charge on any atom is -0.481 e. The number of para-hydroxylation sites is 1. The summed E-state index contributed by atoms with van der Waals surface area (Å²) in [5.41, 5.74) is 0.721. The van der Waals surface area contributed by atoms with Crippen molar-refractivity contribution < 1.29 is 9.53 Å². The van der Waals surface area contributed by atoms with E-state index in [1.54, 1.807) is 12.3 Å². The van der Waals surface area contributed by atoms with E-state index in [0.29, 0.717) is 11.8 Å². The summed E-state index contributed by atoms with van der Waals surface area (Å²) in [6.45, 7) is 1.47. The molecule has 92 valence electrons. The molecule has 18 heavy (non-hydrogen) atoms. The molecular weight excluding hydrogens is 230 g/mol. The van der Waals surface area contributed by atoms with Crippen LogP contribution >= 0.6 is 0 Å². The lowest BCUT2D eigenvalue weighted by Gasteiger charge is -2.18. The van der Waals surface area contributed by atoms with Crippen LogP contribution in [-0.4, -0.2) is 23.0 Å². The van der Waals surface area contributed by atoms with Gasteiger partial charge in [0.2, 0.25) is 17.7 Å². The number of carbonyl (C=O) groups excluding carboxylic acids is 1. The highest BCUT2D eigenvalue weighted by Crippen LogP contribution is 2.22. The molecule has 0 fully saturated rings. The van der Waals surface area contributed by atoms with E-state index in [1.807, 2.05) is 30.3 Å². The molecule has 1 heterocycles. The third-order valence-corrected chi connectivity index (χ3v) is 2.36. The second-order valence-electron chi connectivity index (χ2n) is 3.59. The monoisotopic (exact) mass is 243 g/mol. The zero-order valence-corrected chi connectivity index (χ0v) is 10.2. The zero-order valence-electron chi connectivity index (χ0n) is 10.2. The average molecular weight is 243 g/mol. The van der Waals surface area contributed by atoms with Crippen LogP contribution in [0.1, 0.15) is 6.92 Å². The molecule has 1 amide bonds. The summed E-state index contributed by atoms with van der Waals surface area (Å²) in [4.78, 5) is 21.4. The number of anilines is 2. The summed E-state index contributed by atoms with van der Waals surface area (Å²) in [5.74, 6) is 0.560. The Morgan fingerprint density at radius 3 is 2.56 bits per heavy atom. The van der Waals surface area contributed by atoms with E-state index in [1.165, 1.54) is 18.9 Å². The lowest BCUT2D eigenvalue weighted by Crippen LogP contribution is -2.24. The van der Waals surface area contributed by atoms with Gasteiger partial charge in [0.15, 0.2) is 0 Å². The molecule has 0 saturated carbocycles. The Morgan fingerprint density at radius 1 is 1.22 bits per heavy atom. The van der Waals surface area contributed by atoms with E-state index in [-0.39, 0.29) is 5.91 Å². The molecule has 1 aromatic carbocycles. The van der Waals surface area contributed by atoms with Gasteiger partial charge < -0.3 is 4.74 Å². The van der Waals surface area contributed by atoms with E-state index in [2.05, 4.69) is 9.97 Å². The summed E-state index contributed by atoms with van der Waals surface area (Å²) in [7, 11) is 1.52. The van der Waals surface area contributed by atoms with Crippen molar-refractivity contribution in [3.8, 4) is 5.88 Å². The molecule has 0 saturated heterocycles. The Morgan fingerprint density at radius 2 is 1.94 bits per heavy atom. The molecule has 2 rings (SSSR count). The molecular formula is C13H13N3O2. The largest absolute Gasteiger partial charge is 0.481 e. The summed E-state index contributed by atoms with van der Waals surface area (Å²) >= 11 is 0. The lowest BCUT2D eigenvalue weighted by molar-refractivity contribution is -0.115. The number of rotatable bonds is 3. The maximum atomic E-state index is 11.7. The minimum atomic E-state index is -0.158. The van der Waals surface area contributed by atoms with Crippen molar-refractivity contribution in [1.29, 1.82) is 0 Å². The number of benzene rings is 1. The number of nitrogens with zero attached hydrogens (tertiary/aromatic N) is 3. The molecule has 5 heteroatoms. The molecule has 2 aromatic rings. The number of hydrogen-bond donors (Lipinski definition) is 0. The van der Waals surface area contributed by atoms with Gasteiger partial charge in [0.05, 0.1) is 12.8 Å². The fourth-order valence-electron chi connectivity index (χ4n) is 1.57. The van der Waals surface area contributed by atoms with E-state index in [9.17, 15) is 4.79 Å². The molecule has 0 atom stereocenters. The molecule has 0 bridgehead atoms. The molecule has 1 aromatic heterocycles. The van der Waals surface area contributed by atoms with Crippen LogP contribution in [0.25, 0.3) is 0 Å². The number of amides is 1. The van der Waals surface area contributed by atoms with Crippen LogP contribution in [0.15, 0.2) is 42.6 Å². The van der Waals surface area contributed by atoms with Gasteiger partial charge in [-0.3, -0.25) is 4.79 Å². The number of carbonyl (C=O) groups is 1. The number of hydrogen-bond acceptors (Lipinski definition) is 4. The Bertz CT molecular complexity index is 543. The van der Waals surface area contributed by atoms with Crippen LogP contribution in [0, 0.1) is 0 Å². The normalized spacial score (nSPS) is 9.89. The Balaban J connectivity index is 2.45. The second-order valence-corrected chi connectivity index (χ2v) is 3.59. The molecule has 0 aliphatic rings. The minimum absolute atomic E-state index is 0.158. The summed E-state index contributed by atoms with van der Waals surface area (Å²) in [6.07, 6.45) is 1.56. The smallest absolute Gasteiger partial charge is 0.240 e. The van der Waals surface area contributed by atoms with Gasteiger partial charge >= 0.3 is 0 Å². The fourth-order valence-corrected chi connectivity index (χ4v) is 1.57. The number of ether oxygens (including phenoxy) is 1. The lowest BCUT2D eigenvalue weighted by atomic mass is 10.3.